The van der Waals surface area contributed by atoms with Gasteiger partial charge in [-0.3, -0.25) is 9.89 Å². The minimum absolute atomic E-state index is 0.179. The van der Waals surface area contributed by atoms with Crippen LogP contribution in [0, 0.1) is 0 Å². The molecule has 0 saturated heterocycles. The van der Waals surface area contributed by atoms with Crippen molar-refractivity contribution in [2.45, 2.75) is 0 Å². The molecule has 0 radical (unpaired) electrons. The summed E-state index contributed by atoms with van der Waals surface area (Å²) in [7, 11) is 0. The molecule has 4 aromatic rings. The summed E-state index contributed by atoms with van der Waals surface area (Å²) in [5.41, 5.74) is 3.07. The number of aromatic hydroxyl groups is 1. The second-order valence-corrected chi connectivity index (χ2v) is 5.34. The molecule has 0 fully saturated rings. The average molecular weight is 319 g/mol. The van der Waals surface area contributed by atoms with Crippen LogP contribution in [-0.4, -0.2) is 21.2 Å². The monoisotopic (exact) mass is 319 g/mol. The third kappa shape index (κ3) is 2.50. The maximum Gasteiger partial charge on any atom is 0.291 e. The molecule has 0 aliphatic heterocycles. The molecule has 3 N–H and O–H groups in total. The van der Waals surface area contributed by atoms with Crippen molar-refractivity contribution in [2.75, 3.05) is 5.32 Å². The van der Waals surface area contributed by atoms with Crippen molar-refractivity contribution in [3.8, 4) is 16.9 Å². The largest absolute Gasteiger partial charge is 0.508 e. The lowest BCUT2D eigenvalue weighted by Crippen LogP contribution is -2.11. The van der Waals surface area contributed by atoms with Gasteiger partial charge in [-0.15, -0.1) is 0 Å². The molecule has 4 rings (SSSR count). The van der Waals surface area contributed by atoms with E-state index in [1.54, 1.807) is 36.5 Å². The van der Waals surface area contributed by atoms with Crippen LogP contribution in [-0.2, 0) is 0 Å². The quantitative estimate of drug-likeness (QED) is 0.536. The second kappa shape index (κ2) is 5.58. The van der Waals surface area contributed by atoms with Crippen molar-refractivity contribution in [2.24, 2.45) is 0 Å². The topological polar surface area (TPSA) is 91.2 Å². The van der Waals surface area contributed by atoms with E-state index in [2.05, 4.69) is 15.5 Å². The van der Waals surface area contributed by atoms with Crippen molar-refractivity contribution < 1.29 is 14.3 Å². The zero-order valence-electron chi connectivity index (χ0n) is 12.5. The average Bonchev–Trinajstić information content (AvgIpc) is 3.26. The molecule has 0 atom stereocenters. The molecule has 0 saturated carbocycles. The van der Waals surface area contributed by atoms with Gasteiger partial charge in [0.2, 0.25) is 0 Å². The molecule has 0 aliphatic rings. The summed E-state index contributed by atoms with van der Waals surface area (Å²) in [5, 5.41) is 20.3. The number of phenolic OH excluding ortho intramolecular Hbond substituents is 1. The molecule has 24 heavy (non-hydrogen) atoms. The fourth-order valence-corrected chi connectivity index (χ4v) is 2.60. The van der Waals surface area contributed by atoms with Crippen LogP contribution in [0.1, 0.15) is 10.6 Å². The molecule has 0 bridgehead atoms. The van der Waals surface area contributed by atoms with E-state index in [1.165, 1.54) is 6.26 Å². The van der Waals surface area contributed by atoms with Crippen molar-refractivity contribution in [3.05, 3.63) is 66.8 Å². The number of nitrogens with zero attached hydrogens (tertiary/aromatic N) is 1. The van der Waals surface area contributed by atoms with Gasteiger partial charge in [0, 0.05) is 5.39 Å². The smallest absolute Gasteiger partial charge is 0.291 e. The maximum atomic E-state index is 12.3. The Kier molecular flexibility index (Phi) is 3.28. The van der Waals surface area contributed by atoms with Gasteiger partial charge in [0.15, 0.2) is 5.76 Å². The minimum atomic E-state index is -0.337. The van der Waals surface area contributed by atoms with Crippen LogP contribution < -0.4 is 5.32 Å². The number of fused-ring (bicyclic) bond motifs is 1. The molecule has 0 unspecified atom stereocenters. The number of carbonyl (C=O) groups excluding carboxylic acids is 1. The number of aromatic amines is 1. The molecule has 2 aromatic heterocycles. The van der Waals surface area contributed by atoms with Crippen molar-refractivity contribution in [1.29, 1.82) is 0 Å². The molecular weight excluding hydrogens is 306 g/mol. The third-order valence-electron chi connectivity index (χ3n) is 3.73. The van der Waals surface area contributed by atoms with E-state index in [4.69, 9.17) is 4.42 Å². The summed E-state index contributed by atoms with van der Waals surface area (Å²) < 4.78 is 5.12. The Balaban J connectivity index is 1.79. The first kappa shape index (κ1) is 14.1. The Labute approximate surface area is 136 Å². The lowest BCUT2D eigenvalue weighted by molar-refractivity contribution is 0.0997. The summed E-state index contributed by atoms with van der Waals surface area (Å²) in [6, 6.07) is 13.9. The summed E-state index contributed by atoms with van der Waals surface area (Å²) in [5.74, 6) is 0.0725. The van der Waals surface area contributed by atoms with Gasteiger partial charge in [-0.05, 0) is 47.5 Å². The van der Waals surface area contributed by atoms with E-state index in [1.807, 2.05) is 18.2 Å². The van der Waals surface area contributed by atoms with Gasteiger partial charge in [0.25, 0.3) is 5.91 Å². The van der Waals surface area contributed by atoms with E-state index in [0.29, 0.717) is 5.69 Å². The zero-order chi connectivity index (χ0) is 16.5. The molecule has 1 amide bonds. The van der Waals surface area contributed by atoms with E-state index in [0.717, 1.165) is 22.0 Å². The van der Waals surface area contributed by atoms with E-state index >= 15 is 0 Å². The first-order chi connectivity index (χ1) is 11.7. The molecule has 0 aliphatic carbocycles. The number of phenols is 1. The summed E-state index contributed by atoms with van der Waals surface area (Å²) >= 11 is 0. The summed E-state index contributed by atoms with van der Waals surface area (Å²) in [4.78, 5) is 12.3. The van der Waals surface area contributed by atoms with E-state index in [9.17, 15) is 9.90 Å². The number of anilines is 1. The molecule has 6 nitrogen and oxygen atoms in total. The second-order valence-electron chi connectivity index (χ2n) is 5.34. The standard InChI is InChI=1S/C18H13N3O3/c22-13-4-1-3-11(7-13)12-8-15(14-10-19-21-16(14)9-12)20-18(23)17-5-2-6-24-17/h1-10,22H,(H,19,21)(H,20,23). The van der Waals surface area contributed by atoms with Crippen LogP contribution in [0.2, 0.25) is 0 Å². The number of H-pyrrole nitrogens is 1. The number of carbonyl (C=O) groups is 1. The number of hydrogen-bond acceptors (Lipinski definition) is 4. The van der Waals surface area contributed by atoms with Crippen molar-refractivity contribution in [3.63, 3.8) is 0 Å². The maximum absolute atomic E-state index is 12.3. The Morgan fingerprint density at radius 3 is 2.83 bits per heavy atom. The molecule has 0 spiro atoms. The number of benzene rings is 2. The van der Waals surface area contributed by atoms with Crippen LogP contribution in [0.3, 0.4) is 0 Å². The number of nitrogens with one attached hydrogen (secondary N) is 2. The van der Waals surface area contributed by atoms with Gasteiger partial charge in [-0.2, -0.15) is 5.10 Å². The van der Waals surface area contributed by atoms with Gasteiger partial charge in [0.1, 0.15) is 5.75 Å². The number of amides is 1. The highest BCUT2D eigenvalue weighted by atomic mass is 16.3. The molecule has 2 aromatic carbocycles. The summed E-state index contributed by atoms with van der Waals surface area (Å²) in [6.45, 7) is 0. The Hall–Kier alpha value is -3.54. The normalized spacial score (nSPS) is 10.8. The van der Waals surface area contributed by atoms with Crippen LogP contribution in [0.4, 0.5) is 5.69 Å². The predicted octanol–water partition coefficient (Wildman–Crippen LogP) is 3.78. The lowest BCUT2D eigenvalue weighted by atomic mass is 10.0. The Morgan fingerprint density at radius 2 is 2.04 bits per heavy atom. The molecule has 2 heterocycles. The number of furan rings is 1. The molecular formula is C18H13N3O3. The third-order valence-corrected chi connectivity index (χ3v) is 3.73. The zero-order valence-corrected chi connectivity index (χ0v) is 12.5. The van der Waals surface area contributed by atoms with Crippen molar-refractivity contribution >= 4 is 22.5 Å². The van der Waals surface area contributed by atoms with Gasteiger partial charge < -0.3 is 14.8 Å². The SMILES string of the molecule is O=C(Nc1cc(-c2cccc(O)c2)cc2[nH]ncc12)c1ccco1. The van der Waals surface area contributed by atoms with Crippen LogP contribution >= 0.6 is 0 Å². The molecule has 118 valence electrons. The minimum Gasteiger partial charge on any atom is -0.508 e. The first-order valence-corrected chi connectivity index (χ1v) is 7.32. The Morgan fingerprint density at radius 1 is 1.12 bits per heavy atom. The fraction of sp³-hybridized carbons (Fsp3) is 0. The van der Waals surface area contributed by atoms with E-state index in [-0.39, 0.29) is 17.4 Å². The van der Waals surface area contributed by atoms with Gasteiger partial charge >= 0.3 is 0 Å². The highest BCUT2D eigenvalue weighted by Crippen LogP contribution is 2.31. The number of aromatic nitrogens is 2. The number of hydrogen-bond donors (Lipinski definition) is 3. The lowest BCUT2D eigenvalue weighted by Gasteiger charge is -2.09. The summed E-state index contributed by atoms with van der Waals surface area (Å²) in [6.07, 6.45) is 3.10. The predicted molar refractivity (Wildman–Crippen MR) is 89.9 cm³/mol. The van der Waals surface area contributed by atoms with Gasteiger partial charge in [0.05, 0.1) is 23.7 Å². The van der Waals surface area contributed by atoms with Crippen LogP contribution in [0.5, 0.6) is 5.75 Å². The van der Waals surface area contributed by atoms with Gasteiger partial charge in [-0.1, -0.05) is 12.1 Å². The van der Waals surface area contributed by atoms with E-state index < -0.39 is 0 Å². The fourth-order valence-electron chi connectivity index (χ4n) is 2.60. The molecule has 6 heteroatoms. The van der Waals surface area contributed by atoms with Gasteiger partial charge in [-0.25, -0.2) is 0 Å². The number of rotatable bonds is 3. The highest BCUT2D eigenvalue weighted by molar-refractivity contribution is 6.08. The van der Waals surface area contributed by atoms with Crippen LogP contribution in [0.25, 0.3) is 22.0 Å². The highest BCUT2D eigenvalue weighted by Gasteiger charge is 2.13. The van der Waals surface area contributed by atoms with Crippen molar-refractivity contribution in [1.82, 2.24) is 10.2 Å². The first-order valence-electron chi connectivity index (χ1n) is 7.32. The Bertz CT molecular complexity index is 1020. The van der Waals surface area contributed by atoms with Crippen LogP contribution in [0.15, 0.2) is 65.4 Å².